The molecule has 0 aromatic carbocycles. The summed E-state index contributed by atoms with van der Waals surface area (Å²) in [5, 5.41) is 7.15. The Hall–Kier alpha value is -0.760. The predicted molar refractivity (Wildman–Crippen MR) is 112 cm³/mol. The van der Waals surface area contributed by atoms with Crippen molar-refractivity contribution in [1.82, 2.24) is 10.6 Å². The summed E-state index contributed by atoms with van der Waals surface area (Å²) in [6.07, 6.45) is 2.76. The summed E-state index contributed by atoms with van der Waals surface area (Å²) in [6, 6.07) is 4.50. The molecule has 2 fully saturated rings. The summed E-state index contributed by atoms with van der Waals surface area (Å²) in [5.41, 5.74) is 0.131. The maximum atomic E-state index is 6.00. The van der Waals surface area contributed by atoms with Crippen LogP contribution in [0.3, 0.4) is 0 Å². The van der Waals surface area contributed by atoms with Crippen LogP contribution < -0.4 is 10.6 Å². The smallest absolute Gasteiger partial charge is 0.192 e. The SMILES string of the molecule is CCN=C(NC(C)c1ccc(C)o1)NC1C2CCCOC2C1(C)C.I. The van der Waals surface area contributed by atoms with Gasteiger partial charge in [-0.25, -0.2) is 0 Å². The summed E-state index contributed by atoms with van der Waals surface area (Å²) >= 11 is 0. The van der Waals surface area contributed by atoms with Gasteiger partial charge in [-0.15, -0.1) is 24.0 Å². The van der Waals surface area contributed by atoms with E-state index < -0.39 is 0 Å². The van der Waals surface area contributed by atoms with Gasteiger partial charge in [-0.1, -0.05) is 13.8 Å². The molecule has 1 aromatic rings. The lowest BCUT2D eigenvalue weighted by molar-refractivity contribution is -0.188. The van der Waals surface area contributed by atoms with Gasteiger partial charge in [-0.05, 0) is 45.7 Å². The molecule has 5 nitrogen and oxygen atoms in total. The van der Waals surface area contributed by atoms with Crippen LogP contribution in [-0.4, -0.2) is 31.3 Å². The number of aryl methyl sites for hydroxylation is 1. The van der Waals surface area contributed by atoms with Crippen LogP contribution in [0.25, 0.3) is 0 Å². The molecule has 0 spiro atoms. The third-order valence-electron chi connectivity index (χ3n) is 5.48. The monoisotopic (exact) mass is 461 g/mol. The van der Waals surface area contributed by atoms with Crippen LogP contribution in [0.5, 0.6) is 0 Å². The molecule has 0 radical (unpaired) electrons. The summed E-state index contributed by atoms with van der Waals surface area (Å²) in [7, 11) is 0. The Bertz CT molecular complexity index is 599. The van der Waals surface area contributed by atoms with Gasteiger partial charge < -0.3 is 19.8 Å². The molecule has 25 heavy (non-hydrogen) atoms. The number of hydrogen-bond donors (Lipinski definition) is 2. The van der Waals surface area contributed by atoms with Crippen LogP contribution >= 0.6 is 24.0 Å². The van der Waals surface area contributed by atoms with Gasteiger partial charge in [0, 0.05) is 30.5 Å². The zero-order valence-corrected chi connectivity index (χ0v) is 18.3. The van der Waals surface area contributed by atoms with E-state index in [2.05, 4.69) is 43.3 Å². The molecule has 1 aliphatic carbocycles. The first-order chi connectivity index (χ1) is 11.4. The number of fused-ring (bicyclic) bond motifs is 1. The molecule has 6 heteroatoms. The summed E-state index contributed by atoms with van der Waals surface area (Å²) in [4.78, 5) is 4.63. The lowest BCUT2D eigenvalue weighted by atomic mass is 9.55. The minimum absolute atomic E-state index is 0. The predicted octanol–water partition coefficient (Wildman–Crippen LogP) is 4.03. The lowest BCUT2D eigenvalue weighted by Crippen LogP contribution is -2.71. The fourth-order valence-corrected chi connectivity index (χ4v) is 4.22. The van der Waals surface area contributed by atoms with E-state index in [1.807, 2.05) is 19.1 Å². The van der Waals surface area contributed by atoms with Gasteiger partial charge in [0.25, 0.3) is 0 Å². The molecule has 0 amide bonds. The molecule has 1 aliphatic heterocycles. The highest BCUT2D eigenvalue weighted by Crippen LogP contribution is 2.51. The summed E-state index contributed by atoms with van der Waals surface area (Å²) < 4.78 is 11.7. The van der Waals surface area contributed by atoms with E-state index >= 15 is 0 Å². The van der Waals surface area contributed by atoms with Crippen molar-refractivity contribution in [2.45, 2.75) is 65.6 Å². The molecule has 2 aliphatic rings. The van der Waals surface area contributed by atoms with Crippen molar-refractivity contribution in [3.05, 3.63) is 23.7 Å². The van der Waals surface area contributed by atoms with Gasteiger partial charge in [-0.2, -0.15) is 0 Å². The van der Waals surface area contributed by atoms with Crippen molar-refractivity contribution in [3.63, 3.8) is 0 Å². The second-order valence-corrected chi connectivity index (χ2v) is 7.68. The number of furan rings is 1. The third-order valence-corrected chi connectivity index (χ3v) is 5.48. The average Bonchev–Trinajstić information content (AvgIpc) is 2.99. The number of halogens is 1. The van der Waals surface area contributed by atoms with E-state index in [1.165, 1.54) is 6.42 Å². The Morgan fingerprint density at radius 1 is 1.40 bits per heavy atom. The fraction of sp³-hybridized carbons (Fsp3) is 0.737. The van der Waals surface area contributed by atoms with E-state index in [4.69, 9.17) is 9.15 Å². The van der Waals surface area contributed by atoms with E-state index in [9.17, 15) is 0 Å². The quantitative estimate of drug-likeness (QED) is 0.404. The van der Waals surface area contributed by atoms with Gasteiger partial charge in [0.1, 0.15) is 11.5 Å². The number of rotatable bonds is 4. The minimum Gasteiger partial charge on any atom is -0.464 e. The Labute approximate surface area is 168 Å². The van der Waals surface area contributed by atoms with Crippen LogP contribution in [0.15, 0.2) is 21.5 Å². The molecule has 142 valence electrons. The number of aliphatic imine (C=N–C) groups is 1. The Balaban J connectivity index is 0.00000225. The average molecular weight is 461 g/mol. The number of guanidine groups is 1. The highest BCUT2D eigenvalue weighted by atomic mass is 127. The second-order valence-electron chi connectivity index (χ2n) is 7.68. The standard InChI is InChI=1S/C19H31N3O2.HI/c1-6-20-18(21-13(3)15-10-9-12(2)24-15)22-16-14-8-7-11-23-17(14)19(16,4)5;/h9-10,13-14,16-17H,6-8,11H2,1-5H3,(H2,20,21,22);1H. The first-order valence-electron chi connectivity index (χ1n) is 9.19. The molecule has 1 saturated carbocycles. The molecule has 0 bridgehead atoms. The van der Waals surface area contributed by atoms with Crippen molar-refractivity contribution in [2.75, 3.05) is 13.2 Å². The van der Waals surface area contributed by atoms with E-state index in [-0.39, 0.29) is 35.4 Å². The molecule has 4 atom stereocenters. The molecule has 1 saturated heterocycles. The molecule has 4 unspecified atom stereocenters. The first-order valence-corrected chi connectivity index (χ1v) is 9.19. The van der Waals surface area contributed by atoms with E-state index in [0.717, 1.165) is 37.1 Å². The van der Waals surface area contributed by atoms with Gasteiger partial charge in [0.2, 0.25) is 0 Å². The zero-order chi connectivity index (χ0) is 17.3. The van der Waals surface area contributed by atoms with Gasteiger partial charge >= 0.3 is 0 Å². The largest absolute Gasteiger partial charge is 0.464 e. The highest BCUT2D eigenvalue weighted by molar-refractivity contribution is 14.0. The van der Waals surface area contributed by atoms with Gasteiger partial charge in [0.15, 0.2) is 5.96 Å². The summed E-state index contributed by atoms with van der Waals surface area (Å²) in [6.45, 7) is 12.4. The van der Waals surface area contributed by atoms with Gasteiger partial charge in [-0.3, -0.25) is 4.99 Å². The van der Waals surface area contributed by atoms with Crippen molar-refractivity contribution in [3.8, 4) is 0 Å². The van der Waals surface area contributed by atoms with Gasteiger partial charge in [0.05, 0.1) is 12.1 Å². The fourth-order valence-electron chi connectivity index (χ4n) is 4.22. The molecule has 2 heterocycles. The van der Waals surface area contributed by atoms with Crippen molar-refractivity contribution in [2.24, 2.45) is 16.3 Å². The van der Waals surface area contributed by atoms with Crippen molar-refractivity contribution < 1.29 is 9.15 Å². The number of ether oxygens (including phenoxy) is 1. The van der Waals surface area contributed by atoms with Crippen LogP contribution in [0.2, 0.25) is 0 Å². The highest BCUT2D eigenvalue weighted by Gasteiger charge is 2.58. The number of nitrogens with zero attached hydrogens (tertiary/aromatic N) is 1. The summed E-state index contributed by atoms with van der Waals surface area (Å²) in [5.74, 6) is 3.31. The van der Waals surface area contributed by atoms with Crippen molar-refractivity contribution in [1.29, 1.82) is 0 Å². The molecule has 1 aromatic heterocycles. The van der Waals surface area contributed by atoms with Crippen LogP contribution in [-0.2, 0) is 4.74 Å². The maximum Gasteiger partial charge on any atom is 0.192 e. The van der Waals surface area contributed by atoms with Crippen LogP contribution in [0.4, 0.5) is 0 Å². The minimum atomic E-state index is 0. The third kappa shape index (κ3) is 4.15. The number of nitrogens with one attached hydrogen (secondary N) is 2. The molecule has 2 N–H and O–H groups in total. The molecular weight excluding hydrogens is 429 g/mol. The Morgan fingerprint density at radius 3 is 2.80 bits per heavy atom. The second kappa shape index (κ2) is 8.29. The maximum absolute atomic E-state index is 6.00. The lowest BCUT2D eigenvalue weighted by Gasteiger charge is -2.60. The zero-order valence-electron chi connectivity index (χ0n) is 16.0. The topological polar surface area (TPSA) is 58.8 Å². The van der Waals surface area contributed by atoms with Crippen molar-refractivity contribution >= 4 is 29.9 Å². The Morgan fingerprint density at radius 2 is 2.16 bits per heavy atom. The normalized spacial score (nSPS) is 29.0. The van der Waals surface area contributed by atoms with E-state index in [1.54, 1.807) is 0 Å². The molecule has 3 rings (SSSR count). The Kier molecular flexibility index (Phi) is 6.81. The van der Waals surface area contributed by atoms with Crippen LogP contribution in [0, 0.1) is 18.3 Å². The molecular formula is C19H32IN3O2. The van der Waals surface area contributed by atoms with E-state index in [0.29, 0.717) is 18.1 Å². The van der Waals surface area contributed by atoms with Crippen LogP contribution in [0.1, 0.15) is 58.1 Å². The first kappa shape index (κ1) is 20.6. The number of hydrogen-bond acceptors (Lipinski definition) is 3.